The van der Waals surface area contributed by atoms with Gasteiger partial charge >= 0.3 is 0 Å². The van der Waals surface area contributed by atoms with Crippen LogP contribution in [-0.4, -0.2) is 43.8 Å². The first-order chi connectivity index (χ1) is 20.0. The van der Waals surface area contributed by atoms with E-state index in [2.05, 4.69) is 5.32 Å². The zero-order chi connectivity index (χ0) is 30.4. The second kappa shape index (κ2) is 14.1. The molecule has 1 unspecified atom stereocenters. The second-order valence-electron chi connectivity index (χ2n) is 10.4. The van der Waals surface area contributed by atoms with Gasteiger partial charge in [-0.1, -0.05) is 78.8 Å². The van der Waals surface area contributed by atoms with E-state index in [9.17, 15) is 18.0 Å². The Balaban J connectivity index is 1.75. The van der Waals surface area contributed by atoms with Crippen molar-refractivity contribution >= 4 is 62.3 Å². The number of anilines is 1. The number of hydrogen-bond acceptors (Lipinski definition) is 4. The molecule has 1 aliphatic carbocycles. The molecule has 0 bridgehead atoms. The molecule has 1 fully saturated rings. The predicted molar refractivity (Wildman–Crippen MR) is 169 cm³/mol. The zero-order valence-electron chi connectivity index (χ0n) is 23.5. The summed E-state index contributed by atoms with van der Waals surface area (Å²) in [4.78, 5) is 29.3. The summed E-state index contributed by atoms with van der Waals surface area (Å²) in [6.45, 7) is 3.00. The van der Waals surface area contributed by atoms with Crippen molar-refractivity contribution in [2.75, 3.05) is 10.8 Å². The minimum Gasteiger partial charge on any atom is -0.352 e. The third-order valence-corrected chi connectivity index (χ3v) is 10.1. The van der Waals surface area contributed by atoms with Crippen molar-refractivity contribution in [3.63, 3.8) is 0 Å². The van der Waals surface area contributed by atoms with Gasteiger partial charge in [-0.15, -0.1) is 0 Å². The Hall–Kier alpha value is -2.78. The van der Waals surface area contributed by atoms with Crippen LogP contribution in [0.3, 0.4) is 0 Å². The van der Waals surface area contributed by atoms with Crippen LogP contribution < -0.4 is 9.62 Å². The van der Waals surface area contributed by atoms with Crippen LogP contribution in [0.15, 0.2) is 71.6 Å². The quantitative estimate of drug-likeness (QED) is 0.242. The number of halogens is 3. The topological polar surface area (TPSA) is 86.8 Å². The molecular formula is C31H34Cl3N3O4S. The zero-order valence-corrected chi connectivity index (χ0v) is 26.6. The summed E-state index contributed by atoms with van der Waals surface area (Å²) in [5.41, 5.74) is 1.47. The van der Waals surface area contributed by atoms with Gasteiger partial charge in [-0.25, -0.2) is 8.42 Å². The van der Waals surface area contributed by atoms with Crippen molar-refractivity contribution in [2.45, 2.75) is 69.5 Å². The molecule has 0 aromatic heterocycles. The Kier molecular flexibility index (Phi) is 10.8. The fourth-order valence-corrected chi connectivity index (χ4v) is 7.45. The number of rotatable bonds is 11. The predicted octanol–water partition coefficient (Wildman–Crippen LogP) is 7.02. The largest absolute Gasteiger partial charge is 0.352 e. The van der Waals surface area contributed by atoms with E-state index in [1.807, 2.05) is 6.92 Å². The molecule has 1 N–H and O–H groups in total. The lowest BCUT2D eigenvalue weighted by Gasteiger charge is -2.34. The SMILES string of the molecule is CCC(C(=O)NC1CCCC1)N(Cc1ccc(Cl)cc1Cl)C(=O)CN(c1ccc(Cl)cc1C)S(=O)(=O)c1ccccc1. The number of carbonyl (C=O) groups excluding carboxylic acids is 2. The molecule has 3 aromatic rings. The van der Waals surface area contributed by atoms with Gasteiger partial charge in [0.05, 0.1) is 10.6 Å². The number of nitrogens with zero attached hydrogens (tertiary/aromatic N) is 2. The summed E-state index contributed by atoms with van der Waals surface area (Å²) in [6.07, 6.45) is 4.17. The standard InChI is InChI=1S/C31H34Cl3N3O4S/c1-3-28(31(39)35-25-9-7-8-10-25)36(19-22-13-14-24(33)18-27(22)34)30(38)20-37(29-16-15-23(32)17-21(29)2)42(40,41)26-11-5-4-6-12-26/h4-6,11-18,25,28H,3,7-10,19-20H2,1-2H3,(H,35,39). The molecule has 4 rings (SSSR count). The van der Waals surface area contributed by atoms with Crippen molar-refractivity contribution in [1.82, 2.24) is 10.2 Å². The van der Waals surface area contributed by atoms with Gasteiger partial charge in [-0.05, 0) is 79.8 Å². The third-order valence-electron chi connectivity index (χ3n) is 7.48. The molecule has 0 radical (unpaired) electrons. The summed E-state index contributed by atoms with van der Waals surface area (Å²) in [6, 6.07) is 16.9. The number of benzene rings is 3. The van der Waals surface area contributed by atoms with Gasteiger partial charge < -0.3 is 10.2 Å². The summed E-state index contributed by atoms with van der Waals surface area (Å²) in [7, 11) is -4.18. The van der Waals surface area contributed by atoms with E-state index in [1.54, 1.807) is 61.5 Å². The highest BCUT2D eigenvalue weighted by Gasteiger charge is 2.35. The molecule has 3 aromatic carbocycles. The third kappa shape index (κ3) is 7.59. The second-order valence-corrected chi connectivity index (χ2v) is 13.6. The first-order valence-electron chi connectivity index (χ1n) is 13.9. The summed E-state index contributed by atoms with van der Waals surface area (Å²) < 4.78 is 29.1. The van der Waals surface area contributed by atoms with Gasteiger partial charge in [0.1, 0.15) is 12.6 Å². The van der Waals surface area contributed by atoms with Gasteiger partial charge in [-0.2, -0.15) is 0 Å². The van der Waals surface area contributed by atoms with Crippen LogP contribution in [-0.2, 0) is 26.2 Å². The van der Waals surface area contributed by atoms with Gasteiger partial charge in [0.15, 0.2) is 0 Å². The summed E-state index contributed by atoms with van der Waals surface area (Å²) >= 11 is 18.8. The van der Waals surface area contributed by atoms with E-state index < -0.39 is 28.5 Å². The highest BCUT2D eigenvalue weighted by atomic mass is 35.5. The summed E-state index contributed by atoms with van der Waals surface area (Å²) in [5.74, 6) is -0.828. The van der Waals surface area contributed by atoms with Gasteiger partial charge in [0.25, 0.3) is 10.0 Å². The van der Waals surface area contributed by atoms with Crippen LogP contribution in [0.5, 0.6) is 0 Å². The number of aryl methyl sites for hydroxylation is 1. The number of amides is 2. The lowest BCUT2D eigenvalue weighted by molar-refractivity contribution is -0.140. The van der Waals surface area contributed by atoms with Crippen LogP contribution in [0, 0.1) is 6.92 Å². The molecule has 42 heavy (non-hydrogen) atoms. The Morgan fingerprint density at radius 3 is 2.21 bits per heavy atom. The number of hydrogen-bond donors (Lipinski definition) is 1. The molecule has 0 aliphatic heterocycles. The van der Waals surface area contributed by atoms with Crippen LogP contribution in [0.4, 0.5) is 5.69 Å². The molecule has 2 amide bonds. The van der Waals surface area contributed by atoms with Crippen molar-refractivity contribution < 1.29 is 18.0 Å². The van der Waals surface area contributed by atoms with E-state index in [1.165, 1.54) is 17.0 Å². The molecule has 11 heteroatoms. The first kappa shape index (κ1) is 32.1. The molecule has 7 nitrogen and oxygen atoms in total. The summed E-state index contributed by atoms with van der Waals surface area (Å²) in [5, 5.41) is 4.31. The molecule has 1 atom stereocenters. The average Bonchev–Trinajstić information content (AvgIpc) is 3.46. The monoisotopic (exact) mass is 649 g/mol. The number of carbonyl (C=O) groups is 2. The number of sulfonamides is 1. The van der Waals surface area contributed by atoms with Crippen molar-refractivity contribution in [3.05, 3.63) is 92.9 Å². The highest BCUT2D eigenvalue weighted by Crippen LogP contribution is 2.30. The van der Waals surface area contributed by atoms with Crippen LogP contribution in [0.1, 0.15) is 50.2 Å². The van der Waals surface area contributed by atoms with Gasteiger partial charge in [0, 0.05) is 27.7 Å². The Morgan fingerprint density at radius 1 is 0.952 bits per heavy atom. The molecule has 1 aliphatic rings. The lowest BCUT2D eigenvalue weighted by Crippen LogP contribution is -2.53. The fourth-order valence-electron chi connectivity index (χ4n) is 5.25. The highest BCUT2D eigenvalue weighted by molar-refractivity contribution is 7.92. The van der Waals surface area contributed by atoms with Crippen molar-refractivity contribution in [3.8, 4) is 0 Å². The minimum absolute atomic E-state index is 0.00967. The normalized spacial score (nSPS) is 14.4. The molecule has 1 saturated carbocycles. The maximum absolute atomic E-state index is 14.3. The van der Waals surface area contributed by atoms with Crippen LogP contribution in [0.25, 0.3) is 0 Å². The Bertz CT molecular complexity index is 1530. The van der Waals surface area contributed by atoms with E-state index >= 15 is 0 Å². The van der Waals surface area contributed by atoms with Crippen LogP contribution in [0.2, 0.25) is 15.1 Å². The Morgan fingerprint density at radius 2 is 1.60 bits per heavy atom. The first-order valence-corrected chi connectivity index (χ1v) is 16.5. The molecule has 0 heterocycles. The average molecular weight is 651 g/mol. The smallest absolute Gasteiger partial charge is 0.264 e. The molecule has 224 valence electrons. The van der Waals surface area contributed by atoms with E-state index in [4.69, 9.17) is 34.8 Å². The van der Waals surface area contributed by atoms with Gasteiger partial charge in [-0.3, -0.25) is 13.9 Å². The van der Waals surface area contributed by atoms with E-state index in [-0.39, 0.29) is 23.4 Å². The number of nitrogens with one attached hydrogen (secondary N) is 1. The van der Waals surface area contributed by atoms with Crippen molar-refractivity contribution in [1.29, 1.82) is 0 Å². The molecule has 0 spiro atoms. The molecular weight excluding hydrogens is 617 g/mol. The van der Waals surface area contributed by atoms with Crippen LogP contribution >= 0.6 is 34.8 Å². The minimum atomic E-state index is -4.18. The maximum Gasteiger partial charge on any atom is 0.264 e. The maximum atomic E-state index is 14.3. The van der Waals surface area contributed by atoms with Crippen molar-refractivity contribution in [2.24, 2.45) is 0 Å². The molecule has 0 saturated heterocycles. The Labute approximate surface area is 262 Å². The van der Waals surface area contributed by atoms with E-state index in [0.29, 0.717) is 38.3 Å². The lowest BCUT2D eigenvalue weighted by atomic mass is 10.1. The fraction of sp³-hybridized carbons (Fsp3) is 0.355. The van der Waals surface area contributed by atoms with Gasteiger partial charge in [0.2, 0.25) is 11.8 Å². The van der Waals surface area contributed by atoms with E-state index in [0.717, 1.165) is 30.0 Å².